The fourth-order valence-electron chi connectivity index (χ4n) is 3.15. The maximum absolute atomic E-state index is 12.6. The second kappa shape index (κ2) is 11.7. The minimum atomic E-state index is 0. The van der Waals surface area contributed by atoms with Gasteiger partial charge in [-0.2, -0.15) is 0 Å². The maximum atomic E-state index is 12.6. The van der Waals surface area contributed by atoms with Gasteiger partial charge in [0, 0.05) is 32.5 Å². The van der Waals surface area contributed by atoms with Crippen LogP contribution in [0.1, 0.15) is 23.4 Å². The summed E-state index contributed by atoms with van der Waals surface area (Å²) < 4.78 is 0. The van der Waals surface area contributed by atoms with E-state index < -0.39 is 0 Å². The Bertz CT molecular complexity index is 867. The number of imidazole rings is 1. The number of para-hydroxylation sites is 1. The smallest absolute Gasteiger partial charge is 0.223 e. The molecule has 28 heavy (non-hydrogen) atoms. The molecule has 0 radical (unpaired) electrons. The number of halogens is 2. The van der Waals surface area contributed by atoms with Crippen LogP contribution in [-0.2, 0) is 17.6 Å². The summed E-state index contributed by atoms with van der Waals surface area (Å²) in [5, 5.41) is 0. The van der Waals surface area contributed by atoms with Crippen molar-refractivity contribution < 1.29 is 4.79 Å². The van der Waals surface area contributed by atoms with Crippen molar-refractivity contribution in [2.24, 2.45) is 5.73 Å². The molecule has 1 amide bonds. The van der Waals surface area contributed by atoms with E-state index in [1.54, 1.807) is 0 Å². The van der Waals surface area contributed by atoms with Gasteiger partial charge in [-0.3, -0.25) is 4.79 Å². The van der Waals surface area contributed by atoms with Gasteiger partial charge in [0.25, 0.3) is 0 Å². The molecule has 0 atom stereocenters. The van der Waals surface area contributed by atoms with Crippen molar-refractivity contribution in [2.45, 2.75) is 26.2 Å². The number of rotatable bonds is 8. The Hall–Kier alpha value is -2.08. The van der Waals surface area contributed by atoms with Crippen LogP contribution in [0.15, 0.2) is 48.5 Å². The van der Waals surface area contributed by atoms with Crippen molar-refractivity contribution in [3.8, 4) is 0 Å². The highest BCUT2D eigenvalue weighted by Crippen LogP contribution is 2.16. The second-order valence-electron chi connectivity index (χ2n) is 6.56. The third kappa shape index (κ3) is 6.23. The van der Waals surface area contributed by atoms with E-state index in [2.05, 4.69) is 22.1 Å². The Morgan fingerprint density at radius 3 is 2.46 bits per heavy atom. The number of H-pyrrole nitrogens is 1. The van der Waals surface area contributed by atoms with Gasteiger partial charge < -0.3 is 15.6 Å². The molecule has 2 aromatic carbocycles. The van der Waals surface area contributed by atoms with E-state index in [4.69, 9.17) is 5.73 Å². The molecule has 0 bridgehead atoms. The summed E-state index contributed by atoms with van der Waals surface area (Å²) in [6, 6.07) is 16.3. The molecular formula is C21H28Cl2N4O. The molecule has 1 aromatic heterocycles. The van der Waals surface area contributed by atoms with E-state index >= 15 is 0 Å². The number of nitrogens with zero attached hydrogens (tertiary/aromatic N) is 2. The Labute approximate surface area is 178 Å². The molecule has 3 aromatic rings. The first-order chi connectivity index (χ1) is 12.7. The normalized spacial score (nSPS) is 10.2. The van der Waals surface area contributed by atoms with Crippen LogP contribution in [0, 0.1) is 6.92 Å². The molecule has 5 nitrogen and oxygen atoms in total. The molecule has 3 rings (SSSR count). The lowest BCUT2D eigenvalue weighted by Crippen LogP contribution is -2.37. The van der Waals surface area contributed by atoms with Gasteiger partial charge in [0.15, 0.2) is 0 Å². The lowest BCUT2D eigenvalue weighted by Gasteiger charge is -2.22. The average Bonchev–Trinajstić information content (AvgIpc) is 3.08. The number of aryl methyl sites for hydroxylation is 2. The quantitative estimate of drug-likeness (QED) is 0.581. The zero-order valence-electron chi connectivity index (χ0n) is 16.1. The molecular weight excluding hydrogens is 395 g/mol. The van der Waals surface area contributed by atoms with Crippen molar-refractivity contribution in [1.29, 1.82) is 0 Å². The number of nitrogens with two attached hydrogens (primary N) is 1. The van der Waals surface area contributed by atoms with Crippen LogP contribution in [0.2, 0.25) is 0 Å². The first-order valence-electron chi connectivity index (χ1n) is 9.13. The number of amides is 1. The summed E-state index contributed by atoms with van der Waals surface area (Å²) in [7, 11) is 0. The number of hydrogen-bond acceptors (Lipinski definition) is 3. The van der Waals surface area contributed by atoms with Crippen LogP contribution in [0.3, 0.4) is 0 Å². The molecule has 0 aliphatic heterocycles. The van der Waals surface area contributed by atoms with Crippen molar-refractivity contribution >= 4 is 41.8 Å². The van der Waals surface area contributed by atoms with E-state index in [-0.39, 0.29) is 30.7 Å². The SMILES string of the molecule is Cc1cccc2[nH]c(CCC(=O)N(CCN)CCc3ccccc3)nc12.Cl.Cl. The Morgan fingerprint density at radius 1 is 1.04 bits per heavy atom. The van der Waals surface area contributed by atoms with E-state index in [0.717, 1.165) is 28.8 Å². The van der Waals surface area contributed by atoms with Gasteiger partial charge in [-0.25, -0.2) is 4.98 Å². The maximum Gasteiger partial charge on any atom is 0.223 e. The Kier molecular flexibility index (Phi) is 10.0. The molecule has 0 unspecified atom stereocenters. The number of fused-ring (bicyclic) bond motifs is 1. The third-order valence-corrected chi connectivity index (χ3v) is 4.60. The van der Waals surface area contributed by atoms with Crippen LogP contribution in [-0.4, -0.2) is 40.4 Å². The van der Waals surface area contributed by atoms with E-state index in [0.29, 0.717) is 32.5 Å². The van der Waals surface area contributed by atoms with Gasteiger partial charge in [0.1, 0.15) is 5.82 Å². The molecule has 3 N–H and O–H groups in total. The van der Waals surface area contributed by atoms with E-state index in [9.17, 15) is 4.79 Å². The molecule has 7 heteroatoms. The molecule has 0 spiro atoms. The number of benzene rings is 2. The summed E-state index contributed by atoms with van der Waals surface area (Å²) in [6.07, 6.45) is 1.89. The van der Waals surface area contributed by atoms with Crippen molar-refractivity contribution in [3.05, 3.63) is 65.5 Å². The molecule has 0 aliphatic rings. The predicted octanol–water partition coefficient (Wildman–Crippen LogP) is 3.68. The number of carbonyl (C=O) groups excluding carboxylic acids is 1. The van der Waals surface area contributed by atoms with Gasteiger partial charge in [-0.05, 0) is 30.5 Å². The monoisotopic (exact) mass is 422 g/mol. The van der Waals surface area contributed by atoms with Crippen molar-refractivity contribution in [2.75, 3.05) is 19.6 Å². The van der Waals surface area contributed by atoms with Gasteiger partial charge in [0.05, 0.1) is 11.0 Å². The number of hydrogen-bond donors (Lipinski definition) is 2. The third-order valence-electron chi connectivity index (χ3n) is 4.60. The Morgan fingerprint density at radius 2 is 1.79 bits per heavy atom. The highest BCUT2D eigenvalue weighted by Gasteiger charge is 2.14. The summed E-state index contributed by atoms with van der Waals surface area (Å²) in [4.78, 5) is 22.4. The van der Waals surface area contributed by atoms with Gasteiger partial charge in [0.2, 0.25) is 5.91 Å². The van der Waals surface area contributed by atoms with E-state index in [1.807, 2.05) is 48.2 Å². The largest absolute Gasteiger partial charge is 0.342 e. The number of nitrogens with one attached hydrogen (secondary N) is 1. The first-order valence-corrected chi connectivity index (χ1v) is 9.13. The highest BCUT2D eigenvalue weighted by molar-refractivity contribution is 5.85. The number of carbonyl (C=O) groups is 1. The predicted molar refractivity (Wildman–Crippen MR) is 119 cm³/mol. The lowest BCUT2D eigenvalue weighted by molar-refractivity contribution is -0.131. The summed E-state index contributed by atoms with van der Waals surface area (Å²) >= 11 is 0. The van der Waals surface area contributed by atoms with Crippen molar-refractivity contribution in [3.63, 3.8) is 0 Å². The van der Waals surface area contributed by atoms with Crippen molar-refractivity contribution in [1.82, 2.24) is 14.9 Å². The van der Waals surface area contributed by atoms with Crippen LogP contribution in [0.5, 0.6) is 0 Å². The summed E-state index contributed by atoms with van der Waals surface area (Å²) in [5.74, 6) is 0.988. The summed E-state index contributed by atoms with van der Waals surface area (Å²) in [5.41, 5.74) is 10.1. The second-order valence-corrected chi connectivity index (χ2v) is 6.56. The lowest BCUT2D eigenvalue weighted by atomic mass is 10.1. The minimum Gasteiger partial charge on any atom is -0.342 e. The summed E-state index contributed by atoms with van der Waals surface area (Å²) in [6.45, 7) is 3.80. The topological polar surface area (TPSA) is 75.0 Å². The molecule has 0 fully saturated rings. The van der Waals surface area contributed by atoms with E-state index in [1.165, 1.54) is 5.56 Å². The van der Waals surface area contributed by atoms with Crippen LogP contribution >= 0.6 is 24.8 Å². The standard InChI is InChI=1S/C21H26N4O.2ClH/c1-16-6-5-9-18-21(16)24-19(23-18)10-11-20(26)25(15-13-22)14-12-17-7-3-2-4-8-17;;/h2-9H,10-15,22H2,1H3,(H,23,24);2*1H. The van der Waals surface area contributed by atoms with Gasteiger partial charge in [-0.1, -0.05) is 42.5 Å². The molecule has 1 heterocycles. The number of aromatic amines is 1. The highest BCUT2D eigenvalue weighted by atomic mass is 35.5. The Balaban J connectivity index is 0.00000196. The zero-order chi connectivity index (χ0) is 18.4. The fourth-order valence-corrected chi connectivity index (χ4v) is 3.15. The first kappa shape index (κ1) is 24.0. The van der Waals surface area contributed by atoms with Gasteiger partial charge in [-0.15, -0.1) is 24.8 Å². The fraction of sp³-hybridized carbons (Fsp3) is 0.333. The van der Waals surface area contributed by atoms with Crippen LogP contribution in [0.4, 0.5) is 0 Å². The number of aromatic nitrogens is 2. The molecule has 0 saturated carbocycles. The minimum absolute atomic E-state index is 0. The molecule has 0 saturated heterocycles. The van der Waals surface area contributed by atoms with Gasteiger partial charge >= 0.3 is 0 Å². The average molecular weight is 423 g/mol. The van der Waals surface area contributed by atoms with Crippen LogP contribution < -0.4 is 5.73 Å². The zero-order valence-corrected chi connectivity index (χ0v) is 17.7. The molecule has 152 valence electrons. The molecule has 0 aliphatic carbocycles. The van der Waals surface area contributed by atoms with Crippen LogP contribution in [0.25, 0.3) is 11.0 Å².